The van der Waals surface area contributed by atoms with Crippen molar-refractivity contribution in [3.05, 3.63) is 47.8 Å². The topological polar surface area (TPSA) is 47.3 Å². The lowest BCUT2D eigenvalue weighted by molar-refractivity contribution is 0.0537. The van der Waals surface area contributed by atoms with Gasteiger partial charge in [-0.1, -0.05) is 25.1 Å². The summed E-state index contributed by atoms with van der Waals surface area (Å²) in [6.45, 7) is 6.07. The van der Waals surface area contributed by atoms with E-state index in [4.69, 9.17) is 4.74 Å². The average molecular weight is 288 g/mol. The van der Waals surface area contributed by atoms with Crippen molar-refractivity contribution in [2.75, 3.05) is 7.11 Å². The zero-order valence-electron chi connectivity index (χ0n) is 13.2. The van der Waals surface area contributed by atoms with Gasteiger partial charge in [-0.2, -0.15) is 5.10 Å². The standard InChI is InChI=1S/C17H24N2O2/c1-5-13(2)19-11-10-14(18-19)12-17(3,20)15-8-6-7-9-16(15)21-4/h6-11,13,20H,5,12H2,1-4H3. The quantitative estimate of drug-likeness (QED) is 0.887. The van der Waals surface area contributed by atoms with E-state index in [2.05, 4.69) is 18.9 Å². The molecule has 2 rings (SSSR count). The zero-order chi connectivity index (χ0) is 15.5. The fourth-order valence-corrected chi connectivity index (χ4v) is 2.44. The molecule has 0 amide bonds. The normalized spacial score (nSPS) is 15.5. The van der Waals surface area contributed by atoms with Crippen LogP contribution in [0.2, 0.25) is 0 Å². The number of nitrogens with zero attached hydrogens (tertiary/aromatic N) is 2. The van der Waals surface area contributed by atoms with Crippen LogP contribution in [-0.4, -0.2) is 22.0 Å². The maximum atomic E-state index is 10.8. The molecular weight excluding hydrogens is 264 g/mol. The first-order chi connectivity index (χ1) is 9.97. The highest BCUT2D eigenvalue weighted by Gasteiger charge is 2.28. The third kappa shape index (κ3) is 3.45. The van der Waals surface area contributed by atoms with Gasteiger partial charge >= 0.3 is 0 Å². The van der Waals surface area contributed by atoms with E-state index in [0.717, 1.165) is 17.7 Å². The molecule has 1 aromatic carbocycles. The molecule has 0 spiro atoms. The van der Waals surface area contributed by atoms with Gasteiger partial charge in [0.1, 0.15) is 5.75 Å². The van der Waals surface area contributed by atoms with Crippen LogP contribution in [0, 0.1) is 0 Å². The molecule has 4 heteroatoms. The average Bonchev–Trinajstić information content (AvgIpc) is 2.94. The lowest BCUT2D eigenvalue weighted by Crippen LogP contribution is -2.25. The molecule has 0 aliphatic heterocycles. The predicted octanol–water partition coefficient (Wildman–Crippen LogP) is 3.31. The van der Waals surface area contributed by atoms with Crippen LogP contribution < -0.4 is 4.74 Å². The summed E-state index contributed by atoms with van der Waals surface area (Å²) in [4.78, 5) is 0. The second-order valence-electron chi connectivity index (χ2n) is 5.70. The van der Waals surface area contributed by atoms with Gasteiger partial charge in [0.2, 0.25) is 0 Å². The van der Waals surface area contributed by atoms with Crippen LogP contribution in [0.25, 0.3) is 0 Å². The number of hydrogen-bond donors (Lipinski definition) is 1. The van der Waals surface area contributed by atoms with Gasteiger partial charge < -0.3 is 9.84 Å². The summed E-state index contributed by atoms with van der Waals surface area (Å²) in [6.07, 6.45) is 3.46. The maximum absolute atomic E-state index is 10.8. The van der Waals surface area contributed by atoms with E-state index in [0.29, 0.717) is 18.2 Å². The number of methoxy groups -OCH3 is 1. The number of hydrogen-bond acceptors (Lipinski definition) is 3. The van der Waals surface area contributed by atoms with E-state index >= 15 is 0 Å². The summed E-state index contributed by atoms with van der Waals surface area (Å²) in [5, 5.41) is 15.4. The van der Waals surface area contributed by atoms with Gasteiger partial charge in [0, 0.05) is 24.2 Å². The minimum absolute atomic E-state index is 0.370. The van der Waals surface area contributed by atoms with E-state index in [1.54, 1.807) is 14.0 Å². The largest absolute Gasteiger partial charge is 0.496 e. The molecule has 0 aliphatic rings. The molecule has 2 unspecified atom stereocenters. The smallest absolute Gasteiger partial charge is 0.124 e. The number of ether oxygens (including phenoxy) is 1. The molecule has 0 radical (unpaired) electrons. The van der Waals surface area contributed by atoms with Gasteiger partial charge in [-0.15, -0.1) is 0 Å². The molecule has 2 atom stereocenters. The second kappa shape index (κ2) is 6.31. The first kappa shape index (κ1) is 15.6. The summed E-state index contributed by atoms with van der Waals surface area (Å²) in [6, 6.07) is 9.90. The van der Waals surface area contributed by atoms with Crippen LogP contribution in [0.5, 0.6) is 5.75 Å². The lowest BCUT2D eigenvalue weighted by atomic mass is 9.90. The molecular formula is C17H24N2O2. The lowest BCUT2D eigenvalue weighted by Gasteiger charge is -2.25. The molecule has 0 aliphatic carbocycles. The highest BCUT2D eigenvalue weighted by molar-refractivity contribution is 5.38. The van der Waals surface area contributed by atoms with Crippen molar-refractivity contribution < 1.29 is 9.84 Å². The van der Waals surface area contributed by atoms with Crippen LogP contribution in [0.3, 0.4) is 0 Å². The van der Waals surface area contributed by atoms with Gasteiger partial charge in [-0.3, -0.25) is 4.68 Å². The highest BCUT2D eigenvalue weighted by Crippen LogP contribution is 2.32. The van der Waals surface area contributed by atoms with Crippen molar-refractivity contribution in [2.24, 2.45) is 0 Å². The Labute approximate surface area is 126 Å². The first-order valence-electron chi connectivity index (χ1n) is 7.38. The molecule has 0 saturated carbocycles. The fraction of sp³-hybridized carbons (Fsp3) is 0.471. The SMILES string of the molecule is CCC(C)n1ccc(CC(C)(O)c2ccccc2OC)n1. The van der Waals surface area contributed by atoms with Crippen LogP contribution >= 0.6 is 0 Å². The van der Waals surface area contributed by atoms with Gasteiger partial charge in [0.15, 0.2) is 0 Å². The van der Waals surface area contributed by atoms with Gasteiger partial charge in [-0.25, -0.2) is 0 Å². The van der Waals surface area contributed by atoms with Crippen LogP contribution in [0.4, 0.5) is 0 Å². The third-order valence-electron chi connectivity index (χ3n) is 3.92. The van der Waals surface area contributed by atoms with Gasteiger partial charge in [0.05, 0.1) is 18.4 Å². The number of aromatic nitrogens is 2. The summed E-state index contributed by atoms with van der Waals surface area (Å²) in [7, 11) is 1.62. The van der Waals surface area contributed by atoms with Crippen molar-refractivity contribution in [3.63, 3.8) is 0 Å². The minimum atomic E-state index is -1.01. The Balaban J connectivity index is 2.22. The number of aliphatic hydroxyl groups is 1. The molecule has 114 valence electrons. The molecule has 0 fully saturated rings. The summed E-state index contributed by atoms with van der Waals surface area (Å²) < 4.78 is 7.30. The van der Waals surface area contributed by atoms with Gasteiger partial charge in [-0.05, 0) is 32.4 Å². The second-order valence-corrected chi connectivity index (χ2v) is 5.70. The number of rotatable bonds is 6. The maximum Gasteiger partial charge on any atom is 0.124 e. The Kier molecular flexibility index (Phi) is 4.68. The Morgan fingerprint density at radius 1 is 1.33 bits per heavy atom. The van der Waals surface area contributed by atoms with E-state index in [9.17, 15) is 5.11 Å². The molecule has 0 saturated heterocycles. The Morgan fingerprint density at radius 3 is 2.71 bits per heavy atom. The summed E-state index contributed by atoms with van der Waals surface area (Å²) in [5.74, 6) is 0.698. The minimum Gasteiger partial charge on any atom is -0.496 e. The summed E-state index contributed by atoms with van der Waals surface area (Å²) in [5.41, 5.74) is 0.651. The van der Waals surface area contributed by atoms with Crippen molar-refractivity contribution in [3.8, 4) is 5.75 Å². The van der Waals surface area contributed by atoms with Gasteiger partial charge in [0.25, 0.3) is 0 Å². The van der Waals surface area contributed by atoms with Crippen molar-refractivity contribution in [1.29, 1.82) is 0 Å². The van der Waals surface area contributed by atoms with E-state index in [1.165, 1.54) is 0 Å². The Morgan fingerprint density at radius 2 is 2.05 bits per heavy atom. The monoisotopic (exact) mass is 288 g/mol. The number of para-hydroxylation sites is 1. The molecule has 1 aromatic heterocycles. The Bertz CT molecular complexity index is 590. The van der Waals surface area contributed by atoms with Crippen LogP contribution in [0.1, 0.15) is 44.5 Å². The zero-order valence-corrected chi connectivity index (χ0v) is 13.2. The molecule has 21 heavy (non-hydrogen) atoms. The molecule has 4 nitrogen and oxygen atoms in total. The Hall–Kier alpha value is -1.81. The molecule has 1 N–H and O–H groups in total. The molecule has 0 bridgehead atoms. The third-order valence-corrected chi connectivity index (χ3v) is 3.92. The van der Waals surface area contributed by atoms with Crippen molar-refractivity contribution in [2.45, 2.75) is 45.3 Å². The molecule has 2 aromatic rings. The van der Waals surface area contributed by atoms with E-state index in [1.807, 2.05) is 41.2 Å². The number of benzene rings is 1. The fourth-order valence-electron chi connectivity index (χ4n) is 2.44. The highest BCUT2D eigenvalue weighted by atomic mass is 16.5. The van der Waals surface area contributed by atoms with E-state index < -0.39 is 5.60 Å². The van der Waals surface area contributed by atoms with Crippen molar-refractivity contribution in [1.82, 2.24) is 9.78 Å². The van der Waals surface area contributed by atoms with Crippen LogP contribution in [0.15, 0.2) is 36.5 Å². The predicted molar refractivity (Wildman–Crippen MR) is 83.5 cm³/mol. The van der Waals surface area contributed by atoms with Crippen molar-refractivity contribution >= 4 is 0 Å². The first-order valence-corrected chi connectivity index (χ1v) is 7.38. The summed E-state index contributed by atoms with van der Waals surface area (Å²) >= 11 is 0. The van der Waals surface area contributed by atoms with E-state index in [-0.39, 0.29) is 0 Å². The van der Waals surface area contributed by atoms with Crippen LogP contribution in [-0.2, 0) is 12.0 Å². The molecule has 1 heterocycles.